The second-order valence-corrected chi connectivity index (χ2v) is 4.20. The third-order valence-electron chi connectivity index (χ3n) is 2.49. The SMILES string of the molecule is Cc1cccnc1CC(=O)N(CC(=O)O)CC(F)(F)F. The van der Waals surface area contributed by atoms with Crippen LogP contribution in [0.3, 0.4) is 0 Å². The minimum atomic E-state index is -4.65. The van der Waals surface area contributed by atoms with E-state index in [4.69, 9.17) is 5.11 Å². The molecule has 1 heterocycles. The van der Waals surface area contributed by atoms with Crippen LogP contribution in [0.2, 0.25) is 0 Å². The molecule has 0 aliphatic heterocycles. The third-order valence-corrected chi connectivity index (χ3v) is 2.49. The van der Waals surface area contributed by atoms with Crippen molar-refractivity contribution in [3.8, 4) is 0 Å². The monoisotopic (exact) mass is 290 g/mol. The molecule has 0 radical (unpaired) electrons. The van der Waals surface area contributed by atoms with Crippen LogP contribution in [0.1, 0.15) is 11.3 Å². The van der Waals surface area contributed by atoms with Crippen LogP contribution in [0.25, 0.3) is 0 Å². The Balaban J connectivity index is 2.83. The highest BCUT2D eigenvalue weighted by Gasteiger charge is 2.34. The number of halogens is 3. The third kappa shape index (κ3) is 5.25. The van der Waals surface area contributed by atoms with E-state index in [0.717, 1.165) is 0 Å². The van der Waals surface area contributed by atoms with E-state index in [1.807, 2.05) is 0 Å². The van der Waals surface area contributed by atoms with E-state index in [2.05, 4.69) is 4.98 Å². The number of aliphatic carboxylic acids is 1. The number of carbonyl (C=O) groups is 2. The van der Waals surface area contributed by atoms with Crippen LogP contribution in [-0.2, 0) is 16.0 Å². The molecule has 1 N–H and O–H groups in total. The molecule has 1 aromatic heterocycles. The van der Waals surface area contributed by atoms with Gasteiger partial charge in [-0.2, -0.15) is 13.2 Å². The standard InChI is InChI=1S/C12H13F3N2O3/c1-8-3-2-4-16-9(8)5-10(18)17(6-11(19)20)7-12(13,14)15/h2-4H,5-7H2,1H3,(H,19,20). The molecule has 0 aliphatic carbocycles. The molecule has 0 saturated carbocycles. The number of aromatic nitrogens is 1. The molecule has 0 bridgehead atoms. The van der Waals surface area contributed by atoms with E-state index in [0.29, 0.717) is 11.3 Å². The first-order valence-corrected chi connectivity index (χ1v) is 5.66. The van der Waals surface area contributed by atoms with Gasteiger partial charge in [0.1, 0.15) is 13.1 Å². The van der Waals surface area contributed by atoms with Gasteiger partial charge in [-0.05, 0) is 18.6 Å². The first-order valence-electron chi connectivity index (χ1n) is 5.66. The predicted octanol–water partition coefficient (Wildman–Crippen LogP) is 1.41. The number of hydrogen-bond acceptors (Lipinski definition) is 3. The van der Waals surface area contributed by atoms with Gasteiger partial charge in [-0.15, -0.1) is 0 Å². The number of aryl methyl sites for hydroxylation is 1. The average molecular weight is 290 g/mol. The van der Waals surface area contributed by atoms with Crippen molar-refractivity contribution in [3.63, 3.8) is 0 Å². The van der Waals surface area contributed by atoms with Gasteiger partial charge in [0.25, 0.3) is 0 Å². The van der Waals surface area contributed by atoms with Gasteiger partial charge in [0.05, 0.1) is 12.1 Å². The largest absolute Gasteiger partial charge is 0.480 e. The maximum atomic E-state index is 12.3. The molecule has 0 unspecified atom stereocenters. The molecule has 0 saturated heterocycles. The van der Waals surface area contributed by atoms with Crippen molar-refractivity contribution in [1.82, 2.24) is 9.88 Å². The molecule has 0 aliphatic rings. The Hall–Kier alpha value is -2.12. The second-order valence-electron chi connectivity index (χ2n) is 4.20. The van der Waals surface area contributed by atoms with Gasteiger partial charge < -0.3 is 10.0 Å². The van der Waals surface area contributed by atoms with Crippen LogP contribution in [0.5, 0.6) is 0 Å². The van der Waals surface area contributed by atoms with E-state index >= 15 is 0 Å². The number of nitrogens with zero attached hydrogens (tertiary/aromatic N) is 2. The van der Waals surface area contributed by atoms with Crippen molar-refractivity contribution >= 4 is 11.9 Å². The zero-order valence-corrected chi connectivity index (χ0v) is 10.6. The summed E-state index contributed by atoms with van der Waals surface area (Å²) in [6.07, 6.45) is -3.60. The maximum absolute atomic E-state index is 12.3. The minimum absolute atomic E-state index is 0.260. The van der Waals surface area contributed by atoms with Crippen LogP contribution in [0.15, 0.2) is 18.3 Å². The first kappa shape index (κ1) is 15.9. The highest BCUT2D eigenvalue weighted by Crippen LogP contribution is 2.17. The fraction of sp³-hybridized carbons (Fsp3) is 0.417. The van der Waals surface area contributed by atoms with Crippen molar-refractivity contribution < 1.29 is 27.9 Å². The molecule has 0 spiro atoms. The summed E-state index contributed by atoms with van der Waals surface area (Å²) in [4.78, 5) is 26.5. The Morgan fingerprint density at radius 3 is 2.55 bits per heavy atom. The van der Waals surface area contributed by atoms with Crippen LogP contribution < -0.4 is 0 Å². The molecule has 110 valence electrons. The number of amides is 1. The number of alkyl halides is 3. The number of carbonyl (C=O) groups excluding carboxylic acids is 1. The van der Waals surface area contributed by atoms with Crippen LogP contribution in [-0.4, -0.2) is 46.1 Å². The van der Waals surface area contributed by atoms with Crippen molar-refractivity contribution in [2.75, 3.05) is 13.1 Å². The van der Waals surface area contributed by atoms with E-state index in [-0.39, 0.29) is 11.3 Å². The number of carboxylic acid groups (broad SMARTS) is 1. The summed E-state index contributed by atoms with van der Waals surface area (Å²) in [6.45, 7) is -0.921. The zero-order chi connectivity index (χ0) is 15.3. The molecular weight excluding hydrogens is 277 g/mol. The molecule has 1 amide bonds. The van der Waals surface area contributed by atoms with E-state index in [1.54, 1.807) is 19.1 Å². The molecule has 0 atom stereocenters. The number of rotatable bonds is 5. The summed E-state index contributed by atoms with van der Waals surface area (Å²) in [6, 6.07) is 3.30. The molecule has 5 nitrogen and oxygen atoms in total. The molecular formula is C12H13F3N2O3. The molecule has 8 heteroatoms. The summed E-state index contributed by atoms with van der Waals surface area (Å²) >= 11 is 0. The summed E-state index contributed by atoms with van der Waals surface area (Å²) in [7, 11) is 0. The number of pyridine rings is 1. The van der Waals surface area contributed by atoms with Crippen molar-refractivity contribution in [3.05, 3.63) is 29.6 Å². The smallest absolute Gasteiger partial charge is 0.406 e. The lowest BCUT2D eigenvalue weighted by atomic mass is 10.1. The number of hydrogen-bond donors (Lipinski definition) is 1. The van der Waals surface area contributed by atoms with Gasteiger partial charge in [-0.25, -0.2) is 0 Å². The fourth-order valence-electron chi connectivity index (χ4n) is 1.57. The molecule has 0 aromatic carbocycles. The van der Waals surface area contributed by atoms with Crippen molar-refractivity contribution in [2.24, 2.45) is 0 Å². The topological polar surface area (TPSA) is 70.5 Å². The zero-order valence-electron chi connectivity index (χ0n) is 10.6. The van der Waals surface area contributed by atoms with E-state index < -0.39 is 31.1 Å². The van der Waals surface area contributed by atoms with E-state index in [1.165, 1.54) is 6.20 Å². The fourth-order valence-corrected chi connectivity index (χ4v) is 1.57. The maximum Gasteiger partial charge on any atom is 0.406 e. The van der Waals surface area contributed by atoms with Gasteiger partial charge in [0, 0.05) is 6.20 Å². The molecule has 1 rings (SSSR count). The Labute approximate surface area is 113 Å². The average Bonchev–Trinajstić information content (AvgIpc) is 2.28. The molecule has 20 heavy (non-hydrogen) atoms. The Morgan fingerprint density at radius 2 is 2.05 bits per heavy atom. The summed E-state index contributed by atoms with van der Waals surface area (Å²) in [5.41, 5.74) is 0.984. The van der Waals surface area contributed by atoms with Gasteiger partial charge in [0.2, 0.25) is 5.91 Å². The quantitative estimate of drug-likeness (QED) is 0.890. The minimum Gasteiger partial charge on any atom is -0.480 e. The lowest BCUT2D eigenvalue weighted by molar-refractivity contribution is -0.165. The normalized spacial score (nSPS) is 11.2. The lowest BCUT2D eigenvalue weighted by Crippen LogP contribution is -2.42. The first-order chi connectivity index (χ1) is 9.19. The predicted molar refractivity (Wildman–Crippen MR) is 62.9 cm³/mol. The Morgan fingerprint density at radius 1 is 1.40 bits per heavy atom. The highest BCUT2D eigenvalue weighted by molar-refractivity contribution is 5.83. The van der Waals surface area contributed by atoms with Gasteiger partial charge in [0.15, 0.2) is 0 Å². The van der Waals surface area contributed by atoms with Gasteiger partial charge in [-0.1, -0.05) is 6.07 Å². The summed E-state index contributed by atoms with van der Waals surface area (Å²) in [5.74, 6) is -2.42. The molecule has 1 aromatic rings. The second kappa shape index (κ2) is 6.36. The van der Waals surface area contributed by atoms with Crippen molar-refractivity contribution in [2.45, 2.75) is 19.5 Å². The Kier molecular flexibility index (Phi) is 5.06. The Bertz CT molecular complexity index is 503. The van der Waals surface area contributed by atoms with Gasteiger partial charge >= 0.3 is 12.1 Å². The van der Waals surface area contributed by atoms with Crippen molar-refractivity contribution in [1.29, 1.82) is 0 Å². The number of carboxylic acids is 1. The summed E-state index contributed by atoms with van der Waals surface area (Å²) < 4.78 is 37.0. The van der Waals surface area contributed by atoms with Crippen LogP contribution >= 0.6 is 0 Å². The molecule has 0 fully saturated rings. The lowest BCUT2D eigenvalue weighted by Gasteiger charge is -2.22. The van der Waals surface area contributed by atoms with Crippen LogP contribution in [0.4, 0.5) is 13.2 Å². The summed E-state index contributed by atoms with van der Waals surface area (Å²) in [5, 5.41) is 8.57. The highest BCUT2D eigenvalue weighted by atomic mass is 19.4. The van der Waals surface area contributed by atoms with E-state index in [9.17, 15) is 22.8 Å². The van der Waals surface area contributed by atoms with Crippen LogP contribution in [0, 0.1) is 6.92 Å². The van der Waals surface area contributed by atoms with Gasteiger partial charge in [-0.3, -0.25) is 14.6 Å².